The zero-order chi connectivity index (χ0) is 34.2. The summed E-state index contributed by atoms with van der Waals surface area (Å²) in [6, 6.07) is 5.97. The molecule has 46 heavy (non-hydrogen) atoms. The minimum absolute atomic E-state index is 0.0962. The molecule has 1 saturated heterocycles. The van der Waals surface area contributed by atoms with E-state index in [1.807, 2.05) is 52.0 Å². The molecular weight excluding hydrogens is 586 g/mol. The zero-order valence-electron chi connectivity index (χ0n) is 29.3. The van der Waals surface area contributed by atoms with Crippen molar-refractivity contribution < 1.29 is 33.3 Å². The molecule has 0 bridgehead atoms. The SMILES string of the molecule is COc1c(C)c(C)c(OC)c(CCCOc2ccc(C[C@H](NC(=O)[C@@H]3CCCN3C(=O)OC(C)(C)C)C(=O)NC(C)C)cc2)c1C. The van der Waals surface area contributed by atoms with E-state index in [0.717, 1.165) is 57.9 Å². The number of ether oxygens (including phenoxy) is 4. The highest BCUT2D eigenvalue weighted by Gasteiger charge is 2.38. The molecule has 3 rings (SSSR count). The summed E-state index contributed by atoms with van der Waals surface area (Å²) in [5.41, 5.74) is 4.58. The van der Waals surface area contributed by atoms with Gasteiger partial charge in [0.2, 0.25) is 11.8 Å². The van der Waals surface area contributed by atoms with E-state index in [0.29, 0.717) is 26.0 Å². The zero-order valence-corrected chi connectivity index (χ0v) is 29.3. The Labute approximate surface area is 274 Å². The number of hydrogen-bond donors (Lipinski definition) is 2. The predicted molar refractivity (Wildman–Crippen MR) is 179 cm³/mol. The predicted octanol–water partition coefficient (Wildman–Crippen LogP) is 5.59. The highest BCUT2D eigenvalue weighted by molar-refractivity contribution is 5.91. The van der Waals surface area contributed by atoms with Crippen molar-refractivity contribution in [3.05, 3.63) is 52.1 Å². The van der Waals surface area contributed by atoms with Gasteiger partial charge in [-0.2, -0.15) is 0 Å². The first-order chi connectivity index (χ1) is 21.7. The van der Waals surface area contributed by atoms with E-state index >= 15 is 0 Å². The van der Waals surface area contributed by atoms with Gasteiger partial charge in [-0.1, -0.05) is 12.1 Å². The van der Waals surface area contributed by atoms with Gasteiger partial charge in [0.25, 0.3) is 0 Å². The number of methoxy groups -OCH3 is 2. The van der Waals surface area contributed by atoms with Crippen LogP contribution in [0.5, 0.6) is 17.2 Å². The number of amides is 3. The second-order valence-electron chi connectivity index (χ2n) is 13.3. The van der Waals surface area contributed by atoms with Crippen molar-refractivity contribution in [2.75, 3.05) is 27.4 Å². The quantitative estimate of drug-likeness (QED) is 0.275. The Hall–Kier alpha value is -3.95. The van der Waals surface area contributed by atoms with Gasteiger partial charge in [-0.25, -0.2) is 4.79 Å². The molecule has 2 N–H and O–H groups in total. The summed E-state index contributed by atoms with van der Waals surface area (Å²) in [6.45, 7) is 16.2. The average molecular weight is 640 g/mol. The Kier molecular flexibility index (Phi) is 12.7. The number of likely N-dealkylation sites (tertiary alicyclic amines) is 1. The van der Waals surface area contributed by atoms with Crippen LogP contribution < -0.4 is 24.8 Å². The maximum atomic E-state index is 13.4. The van der Waals surface area contributed by atoms with Crippen LogP contribution in [-0.2, 0) is 27.2 Å². The standard InChI is InChI=1S/C36H53N3O7/c1-22(2)37-33(40)29(38-34(41)30-14-11-19-39(30)35(42)46-36(6,7)8)21-26-15-17-27(18-16-26)45-20-12-13-28-25(5)31(43-9)23(3)24(4)32(28)44-10/h15-18,22,29-30H,11-14,19-21H2,1-10H3,(H,37,40)(H,38,41)/t29-,30-/m0/s1. The fraction of sp³-hybridized carbons (Fsp3) is 0.583. The highest BCUT2D eigenvalue weighted by Crippen LogP contribution is 2.38. The van der Waals surface area contributed by atoms with Crippen LogP contribution in [0.25, 0.3) is 0 Å². The molecule has 0 unspecified atom stereocenters. The summed E-state index contributed by atoms with van der Waals surface area (Å²) in [6.07, 6.45) is 2.54. The van der Waals surface area contributed by atoms with Crippen molar-refractivity contribution in [2.24, 2.45) is 0 Å². The molecule has 2 aromatic rings. The maximum Gasteiger partial charge on any atom is 0.410 e. The number of rotatable bonds is 13. The van der Waals surface area contributed by atoms with Crippen molar-refractivity contribution in [1.29, 1.82) is 0 Å². The van der Waals surface area contributed by atoms with Gasteiger partial charge in [0.05, 0.1) is 20.8 Å². The van der Waals surface area contributed by atoms with E-state index < -0.39 is 23.8 Å². The monoisotopic (exact) mass is 639 g/mol. The van der Waals surface area contributed by atoms with Crippen molar-refractivity contribution in [1.82, 2.24) is 15.5 Å². The normalized spacial score (nSPS) is 15.4. The van der Waals surface area contributed by atoms with Gasteiger partial charge in [0, 0.05) is 24.6 Å². The fourth-order valence-electron chi connectivity index (χ4n) is 5.88. The second kappa shape index (κ2) is 16.1. The first-order valence-corrected chi connectivity index (χ1v) is 16.2. The van der Waals surface area contributed by atoms with Crippen LogP contribution in [-0.4, -0.2) is 73.9 Å². The molecule has 1 fully saturated rings. The lowest BCUT2D eigenvalue weighted by molar-refractivity contribution is -0.131. The molecule has 1 heterocycles. The largest absolute Gasteiger partial charge is 0.496 e. The smallest absolute Gasteiger partial charge is 0.410 e. The van der Waals surface area contributed by atoms with Crippen molar-refractivity contribution in [2.45, 2.75) is 111 Å². The van der Waals surface area contributed by atoms with Crippen LogP contribution >= 0.6 is 0 Å². The molecule has 2 atom stereocenters. The summed E-state index contributed by atoms with van der Waals surface area (Å²) in [4.78, 5) is 40.7. The van der Waals surface area contributed by atoms with Gasteiger partial charge in [-0.05, 0) is 115 Å². The molecule has 0 aliphatic carbocycles. The fourth-order valence-corrected chi connectivity index (χ4v) is 5.88. The third-order valence-corrected chi connectivity index (χ3v) is 8.17. The minimum atomic E-state index is -0.809. The summed E-state index contributed by atoms with van der Waals surface area (Å²) < 4.78 is 23.0. The van der Waals surface area contributed by atoms with E-state index in [4.69, 9.17) is 18.9 Å². The third kappa shape index (κ3) is 9.53. The Morgan fingerprint density at radius 1 is 0.935 bits per heavy atom. The Bertz CT molecular complexity index is 1370. The number of nitrogens with one attached hydrogen (secondary N) is 2. The number of carbonyl (C=O) groups excluding carboxylic acids is 3. The molecule has 1 aliphatic heterocycles. The molecular formula is C36H53N3O7. The molecule has 0 saturated carbocycles. The molecule has 254 valence electrons. The molecule has 10 nitrogen and oxygen atoms in total. The van der Waals surface area contributed by atoms with Gasteiger partial charge in [-0.15, -0.1) is 0 Å². The lowest BCUT2D eigenvalue weighted by atomic mass is 9.94. The Balaban J connectivity index is 1.63. The van der Waals surface area contributed by atoms with Crippen LogP contribution in [0.1, 0.15) is 81.7 Å². The van der Waals surface area contributed by atoms with Crippen LogP contribution in [0.15, 0.2) is 24.3 Å². The molecule has 10 heteroatoms. The van der Waals surface area contributed by atoms with Gasteiger partial charge < -0.3 is 29.6 Å². The molecule has 0 aromatic heterocycles. The Morgan fingerprint density at radius 3 is 2.15 bits per heavy atom. The number of carbonyl (C=O) groups is 3. The van der Waals surface area contributed by atoms with Crippen molar-refractivity contribution in [3.8, 4) is 17.2 Å². The van der Waals surface area contributed by atoms with Crippen LogP contribution in [0.2, 0.25) is 0 Å². The summed E-state index contributed by atoms with van der Waals surface area (Å²) >= 11 is 0. The van der Waals surface area contributed by atoms with E-state index in [-0.39, 0.29) is 24.3 Å². The highest BCUT2D eigenvalue weighted by atomic mass is 16.6. The van der Waals surface area contributed by atoms with Crippen LogP contribution in [0.4, 0.5) is 4.79 Å². The van der Waals surface area contributed by atoms with E-state index in [1.54, 1.807) is 35.0 Å². The van der Waals surface area contributed by atoms with E-state index in [9.17, 15) is 14.4 Å². The molecule has 1 aliphatic rings. The first-order valence-electron chi connectivity index (χ1n) is 16.2. The van der Waals surface area contributed by atoms with Gasteiger partial charge >= 0.3 is 6.09 Å². The van der Waals surface area contributed by atoms with E-state index in [2.05, 4.69) is 17.6 Å². The van der Waals surface area contributed by atoms with Crippen LogP contribution in [0, 0.1) is 20.8 Å². The van der Waals surface area contributed by atoms with Gasteiger partial charge in [0.1, 0.15) is 34.9 Å². The molecule has 3 amide bonds. The number of benzene rings is 2. The van der Waals surface area contributed by atoms with Crippen molar-refractivity contribution >= 4 is 17.9 Å². The summed E-state index contributed by atoms with van der Waals surface area (Å²) in [5, 5.41) is 5.82. The topological polar surface area (TPSA) is 115 Å². The lowest BCUT2D eigenvalue weighted by Crippen LogP contribution is -2.55. The molecule has 0 spiro atoms. The average Bonchev–Trinajstić information content (AvgIpc) is 3.48. The lowest BCUT2D eigenvalue weighted by Gasteiger charge is -2.29. The van der Waals surface area contributed by atoms with Gasteiger partial charge in [-0.3, -0.25) is 14.5 Å². The third-order valence-electron chi connectivity index (χ3n) is 8.17. The first kappa shape index (κ1) is 36.5. The maximum absolute atomic E-state index is 13.4. The minimum Gasteiger partial charge on any atom is -0.496 e. The number of hydrogen-bond acceptors (Lipinski definition) is 7. The summed E-state index contributed by atoms with van der Waals surface area (Å²) in [7, 11) is 3.39. The number of nitrogens with zero attached hydrogens (tertiary/aromatic N) is 1. The van der Waals surface area contributed by atoms with Crippen molar-refractivity contribution in [3.63, 3.8) is 0 Å². The Morgan fingerprint density at radius 2 is 1.57 bits per heavy atom. The summed E-state index contributed by atoms with van der Waals surface area (Å²) in [5.74, 6) is 1.87. The van der Waals surface area contributed by atoms with Gasteiger partial charge in [0.15, 0.2) is 0 Å². The molecule has 2 aromatic carbocycles. The second-order valence-corrected chi connectivity index (χ2v) is 13.3. The van der Waals surface area contributed by atoms with Crippen LogP contribution in [0.3, 0.4) is 0 Å². The van der Waals surface area contributed by atoms with E-state index in [1.165, 1.54) is 4.90 Å². The molecule has 0 radical (unpaired) electrons.